The van der Waals surface area contributed by atoms with Crippen LogP contribution in [0.3, 0.4) is 0 Å². The first-order valence-electron chi connectivity index (χ1n) is 0.667. The van der Waals surface area contributed by atoms with Gasteiger partial charge in [-0.2, -0.15) is 0 Å². The summed E-state index contributed by atoms with van der Waals surface area (Å²) in [6.45, 7) is 0. The van der Waals surface area contributed by atoms with E-state index in [-0.39, 0.29) is 116 Å². The third-order valence-electron chi connectivity index (χ3n) is 0. The molecule has 0 saturated carbocycles. The van der Waals surface area contributed by atoms with Crippen LogP contribution in [0.2, 0.25) is 0 Å². The molecule has 0 spiro atoms. The molecular formula is O4Rb2Se. The van der Waals surface area contributed by atoms with Crippen LogP contribution >= 0.6 is 0 Å². The molecule has 0 rings (SSSR count). The molecule has 0 aliphatic carbocycles. The predicted octanol–water partition coefficient (Wildman–Crippen LogP) is -8.99. The van der Waals surface area contributed by atoms with Gasteiger partial charge in [-0.25, -0.2) is 0 Å². The molecule has 32 valence electrons. The molecule has 0 heterocycles. The zero-order valence-corrected chi connectivity index (χ0v) is 15.6. The van der Waals surface area contributed by atoms with Crippen LogP contribution in [-0.4, -0.2) is 13.4 Å². The van der Waals surface area contributed by atoms with Crippen molar-refractivity contribution in [2.24, 2.45) is 0 Å². The zero-order valence-electron chi connectivity index (χ0n) is 4.04. The molecule has 0 atom stereocenters. The Hall–Kier alpha value is 3.65. The average Bonchev–Trinajstić information content (AvgIpc) is 0.722. The van der Waals surface area contributed by atoms with Crippen LogP contribution in [0.25, 0.3) is 0 Å². The maximum Gasteiger partial charge on any atom is 1.00 e. The van der Waals surface area contributed by atoms with Crippen molar-refractivity contribution in [3.8, 4) is 0 Å². The summed E-state index contributed by atoms with van der Waals surface area (Å²) in [6.07, 6.45) is 0. The Labute approximate surface area is 141 Å². The summed E-state index contributed by atoms with van der Waals surface area (Å²) >= 11 is -5.75. The van der Waals surface area contributed by atoms with Crippen molar-refractivity contribution in [1.82, 2.24) is 0 Å². The molecule has 4 nitrogen and oxygen atoms in total. The first kappa shape index (κ1) is 16.9. The number of rotatable bonds is 0. The summed E-state index contributed by atoms with van der Waals surface area (Å²) in [5.74, 6) is 0. The Kier molecular flexibility index (Phi) is 18.8. The Morgan fingerprint density at radius 3 is 1.00 bits per heavy atom. The van der Waals surface area contributed by atoms with Gasteiger partial charge in [0.1, 0.15) is 0 Å². The average molecular weight is 314 g/mol. The van der Waals surface area contributed by atoms with E-state index in [1.165, 1.54) is 0 Å². The van der Waals surface area contributed by atoms with E-state index in [4.69, 9.17) is 16.0 Å². The topological polar surface area (TPSA) is 80.3 Å². The van der Waals surface area contributed by atoms with E-state index in [1.807, 2.05) is 0 Å². The van der Waals surface area contributed by atoms with Gasteiger partial charge in [-0.05, 0) is 0 Å². The molecule has 0 unspecified atom stereocenters. The van der Waals surface area contributed by atoms with Crippen molar-refractivity contribution in [3.63, 3.8) is 0 Å². The van der Waals surface area contributed by atoms with Gasteiger partial charge in [0.2, 0.25) is 0 Å². The van der Waals surface area contributed by atoms with Crippen molar-refractivity contribution in [1.29, 1.82) is 0 Å². The Morgan fingerprint density at radius 1 is 1.00 bits per heavy atom. The summed E-state index contributed by atoms with van der Waals surface area (Å²) in [5.41, 5.74) is 0. The van der Waals surface area contributed by atoms with E-state index in [9.17, 15) is 0 Å². The van der Waals surface area contributed by atoms with Crippen molar-refractivity contribution in [3.05, 3.63) is 0 Å². The van der Waals surface area contributed by atoms with Gasteiger partial charge < -0.3 is 0 Å². The Balaban J connectivity index is -0.0000000800. The molecule has 0 aliphatic heterocycles. The van der Waals surface area contributed by atoms with Crippen LogP contribution in [0.15, 0.2) is 0 Å². The van der Waals surface area contributed by atoms with Gasteiger partial charge in [0.25, 0.3) is 0 Å². The molecule has 0 aliphatic rings. The molecule has 0 amide bonds. The van der Waals surface area contributed by atoms with Gasteiger partial charge in [0.15, 0.2) is 0 Å². The quantitative estimate of drug-likeness (QED) is 0.416. The third-order valence-corrected chi connectivity index (χ3v) is 0. The Bertz CT molecular complexity index is 92.9. The van der Waals surface area contributed by atoms with Crippen LogP contribution < -0.4 is 125 Å². The smallest absolute Gasteiger partial charge is 1.00 e. The second-order valence-electron chi connectivity index (χ2n) is 0.408. The Morgan fingerprint density at radius 2 is 1.00 bits per heavy atom. The van der Waals surface area contributed by atoms with Crippen LogP contribution in [0.4, 0.5) is 0 Å². The molecule has 0 N–H and O–H groups in total. The maximum absolute atomic E-state index is 8.59. The molecular weight excluding hydrogens is 314 g/mol. The number of hydrogen-bond donors (Lipinski definition) is 0. The minimum atomic E-state index is -5.75. The second-order valence-corrected chi connectivity index (χ2v) is 2.12. The minimum Gasteiger partial charge on any atom is 1.00 e. The second kappa shape index (κ2) is 7.75. The standard InChI is InChI=1S/H2O4Se.2Rb/c1-5(2,3)4;;/h(H2,1,2,3,4);;/q;2*+1/p-2. The zero-order chi connectivity index (χ0) is 4.50. The first-order chi connectivity index (χ1) is 2.00. The number of hydrogen-bond acceptors (Lipinski definition) is 4. The molecule has 0 aromatic rings. The summed E-state index contributed by atoms with van der Waals surface area (Å²) in [5, 5.41) is 0. The van der Waals surface area contributed by atoms with E-state index in [0.29, 0.717) is 0 Å². The van der Waals surface area contributed by atoms with Gasteiger partial charge in [0, 0.05) is 0 Å². The molecule has 0 aromatic carbocycles. The monoisotopic (exact) mass is 314 g/mol. The summed E-state index contributed by atoms with van der Waals surface area (Å²) in [6, 6.07) is 0. The van der Waals surface area contributed by atoms with Crippen molar-refractivity contribution >= 4 is 13.4 Å². The molecule has 7 heavy (non-hydrogen) atoms. The van der Waals surface area contributed by atoms with E-state index >= 15 is 0 Å². The van der Waals surface area contributed by atoms with Crippen LogP contribution in [0.1, 0.15) is 0 Å². The molecule has 7 heteroatoms. The molecule has 0 fully saturated rings. The van der Waals surface area contributed by atoms with Crippen molar-refractivity contribution in [2.45, 2.75) is 0 Å². The molecule has 0 radical (unpaired) electrons. The molecule has 0 aromatic heterocycles. The SMILES string of the molecule is O=[Se](=O)([O-])[O-].[Rb+].[Rb+]. The van der Waals surface area contributed by atoms with E-state index in [0.717, 1.165) is 0 Å². The van der Waals surface area contributed by atoms with Gasteiger partial charge >= 0.3 is 146 Å². The summed E-state index contributed by atoms with van der Waals surface area (Å²) in [7, 11) is 0. The van der Waals surface area contributed by atoms with Crippen LogP contribution in [-0.2, 0) is 7.67 Å². The summed E-state index contributed by atoms with van der Waals surface area (Å²) in [4.78, 5) is 0. The van der Waals surface area contributed by atoms with Crippen LogP contribution in [0.5, 0.6) is 0 Å². The van der Waals surface area contributed by atoms with Crippen molar-refractivity contribution in [2.75, 3.05) is 0 Å². The normalized spacial score (nSPS) is 8.29. The fourth-order valence-electron chi connectivity index (χ4n) is 0. The summed E-state index contributed by atoms with van der Waals surface area (Å²) < 4.78 is 34.4. The third kappa shape index (κ3) is 42.4. The fourth-order valence-corrected chi connectivity index (χ4v) is 0. The molecule has 0 bridgehead atoms. The van der Waals surface area contributed by atoms with Crippen LogP contribution in [0, 0.1) is 0 Å². The van der Waals surface area contributed by atoms with E-state index in [2.05, 4.69) is 0 Å². The van der Waals surface area contributed by atoms with Gasteiger partial charge in [-0.1, -0.05) is 0 Å². The predicted molar refractivity (Wildman–Crippen MR) is 7.13 cm³/mol. The minimum absolute atomic E-state index is 0. The maximum atomic E-state index is 8.59. The fraction of sp³-hybridized carbons (Fsp3) is 0. The largest absolute Gasteiger partial charge is 1.00 e. The first-order valence-corrected chi connectivity index (χ1v) is 3.46. The van der Waals surface area contributed by atoms with Gasteiger partial charge in [-0.3, -0.25) is 0 Å². The van der Waals surface area contributed by atoms with Gasteiger partial charge in [-0.15, -0.1) is 0 Å². The van der Waals surface area contributed by atoms with Crippen molar-refractivity contribution < 1.29 is 132 Å². The molecule has 0 saturated heterocycles. The van der Waals surface area contributed by atoms with E-state index < -0.39 is 13.4 Å². The van der Waals surface area contributed by atoms with E-state index in [1.54, 1.807) is 0 Å². The van der Waals surface area contributed by atoms with Gasteiger partial charge in [0.05, 0.1) is 0 Å².